The van der Waals surface area contributed by atoms with E-state index in [1.165, 1.54) is 18.9 Å². The lowest BCUT2D eigenvalue weighted by Gasteiger charge is -2.69. The van der Waals surface area contributed by atoms with Crippen LogP contribution in [0.25, 0.3) is 0 Å². The maximum Gasteiger partial charge on any atom is 0.308 e. The van der Waals surface area contributed by atoms with Crippen LogP contribution < -0.4 is 9.47 Å². The van der Waals surface area contributed by atoms with E-state index < -0.39 is 0 Å². The number of hydrogen-bond acceptors (Lipinski definition) is 5. The average molecular weight is 497 g/mol. The quantitative estimate of drug-likeness (QED) is 0.332. The highest BCUT2D eigenvalue weighted by atomic mass is 16.5. The van der Waals surface area contributed by atoms with Crippen molar-refractivity contribution in [1.29, 1.82) is 0 Å². The number of carbonyl (C=O) groups excluding carboxylic acids is 2. The third-order valence-electron chi connectivity index (χ3n) is 11.1. The molecule has 4 aliphatic rings. The minimum atomic E-state index is -0.293. The molecule has 5 nitrogen and oxygen atoms in total. The zero-order valence-electron chi connectivity index (χ0n) is 23.5. The summed E-state index contributed by atoms with van der Waals surface area (Å²) in [7, 11) is 0. The Morgan fingerprint density at radius 3 is 2.17 bits per heavy atom. The molecule has 5 rings (SSSR count). The van der Waals surface area contributed by atoms with Gasteiger partial charge in [0.15, 0.2) is 0 Å². The first-order valence-electron chi connectivity index (χ1n) is 13.9. The van der Waals surface area contributed by atoms with Gasteiger partial charge in [-0.05, 0) is 105 Å². The molecule has 0 aromatic heterocycles. The molecule has 0 N–H and O–H groups in total. The molecule has 0 unspecified atom stereocenters. The van der Waals surface area contributed by atoms with E-state index in [1.807, 2.05) is 12.1 Å². The fourth-order valence-corrected chi connectivity index (χ4v) is 9.71. The van der Waals surface area contributed by atoms with Crippen LogP contribution in [0.4, 0.5) is 0 Å². The normalized spacial score (nSPS) is 40.4. The SMILES string of the molecule is CC(=O)Oc1cc(C)c2c(c1)C[C@@H]1[C@]3(C)CC[C@H]4C(C)(C)[C@@H](OC(C)=O)CC[C@]4(C)[C@H]3CC[C@]1(C)O2. The molecular weight excluding hydrogens is 452 g/mol. The number of fused-ring (bicyclic) bond motifs is 6. The number of ether oxygens (including phenoxy) is 3. The first kappa shape index (κ1) is 25.6. The Kier molecular flexibility index (Phi) is 5.85. The second-order valence-corrected chi connectivity index (χ2v) is 13.6. The largest absolute Gasteiger partial charge is 0.487 e. The maximum atomic E-state index is 11.9. The van der Waals surface area contributed by atoms with Gasteiger partial charge in [-0.2, -0.15) is 0 Å². The van der Waals surface area contributed by atoms with Crippen molar-refractivity contribution in [2.24, 2.45) is 34.0 Å². The molecule has 1 heterocycles. The van der Waals surface area contributed by atoms with E-state index in [9.17, 15) is 9.59 Å². The molecule has 0 saturated heterocycles. The standard InChI is InChI=1S/C31H44O5/c1-18-15-22(34-19(2)32)16-21-17-25-30(7)12-9-23-28(4,5)26(35-20(3)33)11-13-29(23,6)24(30)10-14-31(25,8)36-27(18)21/h15-16,23-26H,9-14,17H2,1-8H3/t23-,24+,25+,26-,29-,30+,31-/m0/s1. The molecule has 0 amide bonds. The van der Waals surface area contributed by atoms with Gasteiger partial charge < -0.3 is 14.2 Å². The third-order valence-corrected chi connectivity index (χ3v) is 11.1. The third kappa shape index (κ3) is 3.70. The van der Waals surface area contributed by atoms with E-state index in [1.54, 1.807) is 6.92 Å². The van der Waals surface area contributed by atoms with Crippen LogP contribution in [-0.2, 0) is 20.7 Å². The molecule has 3 saturated carbocycles. The van der Waals surface area contributed by atoms with Crippen molar-refractivity contribution >= 4 is 11.9 Å². The van der Waals surface area contributed by atoms with Crippen molar-refractivity contribution in [1.82, 2.24) is 0 Å². The van der Waals surface area contributed by atoms with E-state index in [4.69, 9.17) is 14.2 Å². The zero-order valence-corrected chi connectivity index (χ0v) is 23.5. The van der Waals surface area contributed by atoms with Gasteiger partial charge in [0.2, 0.25) is 0 Å². The molecule has 1 aromatic carbocycles. The molecule has 1 aliphatic heterocycles. The molecule has 5 heteroatoms. The van der Waals surface area contributed by atoms with Crippen LogP contribution in [0.2, 0.25) is 0 Å². The minimum absolute atomic E-state index is 0.00106. The molecule has 0 spiro atoms. The Morgan fingerprint density at radius 1 is 0.861 bits per heavy atom. The predicted molar refractivity (Wildman–Crippen MR) is 139 cm³/mol. The molecular formula is C31H44O5. The van der Waals surface area contributed by atoms with Crippen molar-refractivity contribution in [2.45, 2.75) is 112 Å². The van der Waals surface area contributed by atoms with Crippen molar-refractivity contribution in [3.63, 3.8) is 0 Å². The van der Waals surface area contributed by atoms with Crippen LogP contribution in [-0.4, -0.2) is 23.6 Å². The van der Waals surface area contributed by atoms with Crippen LogP contribution in [0.15, 0.2) is 12.1 Å². The molecule has 7 atom stereocenters. The zero-order chi connectivity index (χ0) is 26.3. The van der Waals surface area contributed by atoms with Crippen LogP contribution >= 0.6 is 0 Å². The van der Waals surface area contributed by atoms with E-state index >= 15 is 0 Å². The number of carbonyl (C=O) groups is 2. The van der Waals surface area contributed by atoms with Gasteiger partial charge in [-0.15, -0.1) is 0 Å². The van der Waals surface area contributed by atoms with Crippen LogP contribution in [0.1, 0.15) is 98.1 Å². The Labute approximate surface area is 216 Å². The van der Waals surface area contributed by atoms with Gasteiger partial charge >= 0.3 is 11.9 Å². The Hall–Kier alpha value is -2.04. The lowest BCUT2D eigenvalue weighted by atomic mass is 9.37. The fraction of sp³-hybridized carbons (Fsp3) is 0.742. The summed E-state index contributed by atoms with van der Waals surface area (Å²) in [5.74, 6) is 2.67. The first-order valence-corrected chi connectivity index (χ1v) is 13.9. The van der Waals surface area contributed by atoms with Gasteiger partial charge in [0.05, 0.1) is 0 Å². The van der Waals surface area contributed by atoms with Crippen molar-refractivity contribution < 1.29 is 23.8 Å². The lowest BCUT2D eigenvalue weighted by Crippen LogP contribution is -2.66. The van der Waals surface area contributed by atoms with Crippen LogP contribution in [0.5, 0.6) is 11.5 Å². The maximum absolute atomic E-state index is 11.9. The molecule has 0 radical (unpaired) electrons. The highest BCUT2D eigenvalue weighted by Gasteiger charge is 2.67. The Bertz CT molecular complexity index is 1090. The second-order valence-electron chi connectivity index (χ2n) is 13.6. The summed E-state index contributed by atoms with van der Waals surface area (Å²) in [4.78, 5) is 23.5. The molecule has 3 aliphatic carbocycles. The highest BCUT2D eigenvalue weighted by Crippen LogP contribution is 2.71. The smallest absolute Gasteiger partial charge is 0.308 e. The average Bonchev–Trinajstić information content (AvgIpc) is 2.74. The molecule has 198 valence electrons. The first-order chi connectivity index (χ1) is 16.7. The minimum Gasteiger partial charge on any atom is -0.487 e. The van der Waals surface area contributed by atoms with Gasteiger partial charge in [-0.1, -0.05) is 27.7 Å². The summed E-state index contributed by atoms with van der Waals surface area (Å²) < 4.78 is 18.2. The number of esters is 2. The monoisotopic (exact) mass is 496 g/mol. The van der Waals surface area contributed by atoms with Gasteiger partial charge in [-0.3, -0.25) is 9.59 Å². The molecule has 0 bridgehead atoms. The van der Waals surface area contributed by atoms with Gasteiger partial charge in [-0.25, -0.2) is 0 Å². The summed E-state index contributed by atoms with van der Waals surface area (Å²) in [6, 6.07) is 3.95. The van der Waals surface area contributed by atoms with Crippen LogP contribution in [0.3, 0.4) is 0 Å². The number of rotatable bonds is 2. The van der Waals surface area contributed by atoms with Crippen molar-refractivity contribution in [3.8, 4) is 11.5 Å². The summed E-state index contributed by atoms with van der Waals surface area (Å²) in [5.41, 5.74) is 2.35. The topological polar surface area (TPSA) is 61.8 Å². The van der Waals surface area contributed by atoms with Gasteiger partial charge in [0.1, 0.15) is 23.2 Å². The molecule has 1 aromatic rings. The van der Waals surface area contributed by atoms with E-state index in [0.29, 0.717) is 23.5 Å². The summed E-state index contributed by atoms with van der Waals surface area (Å²) in [6.07, 6.45) is 7.54. The van der Waals surface area contributed by atoms with Crippen LogP contribution in [0, 0.1) is 40.9 Å². The predicted octanol–water partition coefficient (Wildman–Crippen LogP) is 6.81. The number of hydrogen-bond donors (Lipinski definition) is 0. The number of benzene rings is 1. The van der Waals surface area contributed by atoms with Crippen molar-refractivity contribution in [3.05, 3.63) is 23.3 Å². The lowest BCUT2D eigenvalue weighted by molar-refractivity contribution is -0.228. The number of aryl methyl sites for hydroxylation is 1. The fourth-order valence-electron chi connectivity index (χ4n) is 9.71. The molecule has 36 heavy (non-hydrogen) atoms. The second kappa shape index (κ2) is 8.23. The summed E-state index contributed by atoms with van der Waals surface area (Å²) in [6.45, 7) is 17.1. The van der Waals surface area contributed by atoms with E-state index in [-0.39, 0.29) is 39.9 Å². The van der Waals surface area contributed by atoms with Gasteiger partial charge in [0, 0.05) is 25.2 Å². The Morgan fingerprint density at radius 2 is 1.50 bits per heavy atom. The Balaban J connectivity index is 1.50. The van der Waals surface area contributed by atoms with E-state index in [2.05, 4.69) is 41.5 Å². The molecule has 3 fully saturated rings. The van der Waals surface area contributed by atoms with Crippen molar-refractivity contribution in [2.75, 3.05) is 0 Å². The summed E-state index contributed by atoms with van der Waals surface area (Å²) >= 11 is 0. The highest BCUT2D eigenvalue weighted by molar-refractivity contribution is 5.70. The summed E-state index contributed by atoms with van der Waals surface area (Å²) in [5, 5.41) is 0. The van der Waals surface area contributed by atoms with Gasteiger partial charge in [0.25, 0.3) is 0 Å². The van der Waals surface area contributed by atoms with E-state index in [0.717, 1.165) is 49.8 Å².